The van der Waals surface area contributed by atoms with Crippen LogP contribution in [0.5, 0.6) is 0 Å². The number of hydrogen-bond donors (Lipinski definition) is 0. The average molecular weight is 461 g/mol. The molecule has 0 aliphatic carbocycles. The van der Waals surface area contributed by atoms with Crippen molar-refractivity contribution in [3.05, 3.63) is 78.0 Å². The van der Waals surface area contributed by atoms with Crippen LogP contribution in [0.25, 0.3) is 21.8 Å². The second kappa shape index (κ2) is 8.00. The zero-order valence-electron chi connectivity index (χ0n) is 18.0. The van der Waals surface area contributed by atoms with Crippen LogP contribution in [0, 0.1) is 12.7 Å². The van der Waals surface area contributed by atoms with Crippen LogP contribution in [0.1, 0.15) is 11.3 Å². The monoisotopic (exact) mass is 460 g/mol. The van der Waals surface area contributed by atoms with Crippen molar-refractivity contribution in [1.29, 1.82) is 0 Å². The van der Waals surface area contributed by atoms with Gasteiger partial charge in [0.05, 0.1) is 47.7 Å². The summed E-state index contributed by atoms with van der Waals surface area (Å²) in [5.74, 6) is 1.28. The molecular weight excluding hydrogens is 439 g/mol. The van der Waals surface area contributed by atoms with Gasteiger partial charge in [0, 0.05) is 17.8 Å². The average Bonchev–Trinajstić information content (AvgIpc) is 3.49. The summed E-state index contributed by atoms with van der Waals surface area (Å²) in [5.41, 5.74) is 3.99. The van der Waals surface area contributed by atoms with Crippen LogP contribution >= 0.6 is 11.5 Å². The predicted molar refractivity (Wildman–Crippen MR) is 128 cm³/mol. The molecule has 4 aromatic rings. The molecule has 0 atom stereocenters. The van der Waals surface area contributed by atoms with E-state index in [0.717, 1.165) is 50.9 Å². The fourth-order valence-electron chi connectivity index (χ4n) is 4.28. The summed E-state index contributed by atoms with van der Waals surface area (Å²) in [6.45, 7) is 4.58. The molecule has 166 valence electrons. The predicted octanol–water partition coefficient (Wildman–Crippen LogP) is 4.44. The number of aryl methyl sites for hydroxylation is 1. The number of ether oxygens (including phenoxy) is 1. The number of morpholine rings is 1. The van der Waals surface area contributed by atoms with Crippen LogP contribution < -0.4 is 5.01 Å². The molecule has 0 radical (unpaired) electrons. The van der Waals surface area contributed by atoms with Gasteiger partial charge in [0.1, 0.15) is 12.4 Å². The lowest BCUT2D eigenvalue weighted by atomic mass is 10.1. The number of nitrogens with zero attached hydrogens (tertiary/aromatic N) is 6. The van der Waals surface area contributed by atoms with Crippen molar-refractivity contribution in [3.63, 3.8) is 0 Å². The number of aromatic nitrogens is 3. The normalized spacial score (nSPS) is 17.3. The molecule has 1 fully saturated rings. The summed E-state index contributed by atoms with van der Waals surface area (Å²) in [6.07, 6.45) is 7.77. The quantitative estimate of drug-likeness (QED) is 0.453. The van der Waals surface area contributed by atoms with Gasteiger partial charge in [0.15, 0.2) is 11.6 Å². The Morgan fingerprint density at radius 3 is 2.79 bits per heavy atom. The minimum Gasteiger partial charge on any atom is -0.488 e. The summed E-state index contributed by atoms with van der Waals surface area (Å²) >= 11 is 1.47. The first-order valence-corrected chi connectivity index (χ1v) is 11.5. The molecule has 1 saturated heterocycles. The largest absolute Gasteiger partial charge is 0.488 e. The van der Waals surface area contributed by atoms with E-state index in [9.17, 15) is 4.39 Å². The Morgan fingerprint density at radius 1 is 1.09 bits per heavy atom. The van der Waals surface area contributed by atoms with Crippen LogP contribution in [-0.4, -0.2) is 51.0 Å². The first-order chi connectivity index (χ1) is 16.2. The van der Waals surface area contributed by atoms with E-state index in [4.69, 9.17) is 9.73 Å². The van der Waals surface area contributed by atoms with Gasteiger partial charge in [-0.3, -0.25) is 15.0 Å². The number of imidazole rings is 1. The molecule has 0 saturated carbocycles. The fraction of sp³-hybridized carbons (Fsp3) is 0.208. The molecule has 0 N–H and O–H groups in total. The van der Waals surface area contributed by atoms with E-state index < -0.39 is 0 Å². The Kier molecular flexibility index (Phi) is 4.83. The molecule has 4 heterocycles. The van der Waals surface area contributed by atoms with Crippen molar-refractivity contribution in [2.24, 2.45) is 4.99 Å². The van der Waals surface area contributed by atoms with E-state index in [1.807, 2.05) is 36.3 Å². The lowest BCUT2D eigenvalue weighted by Crippen LogP contribution is -2.55. The SMILES string of the molecule is Cc1cn(-c2ccc(C=C3OCCN4C3=NCCN4c3ccc(F)cc3)c3cnsc23)cn1. The highest BCUT2D eigenvalue weighted by Gasteiger charge is 2.31. The molecule has 2 aliphatic heterocycles. The van der Waals surface area contributed by atoms with Crippen molar-refractivity contribution >= 4 is 39.2 Å². The summed E-state index contributed by atoms with van der Waals surface area (Å²) in [7, 11) is 0. The van der Waals surface area contributed by atoms with Crippen molar-refractivity contribution < 1.29 is 9.13 Å². The summed E-state index contributed by atoms with van der Waals surface area (Å²) in [4.78, 5) is 9.12. The highest BCUT2D eigenvalue weighted by atomic mass is 32.1. The standard InChI is InChI=1S/C24H21FN6OS/c1-16-14-29(15-27-16)21-7-2-17(20-13-28-33-23(20)21)12-22-24-26-8-9-30(31(24)10-11-32-22)19-5-3-18(25)4-6-19/h2-7,12-15H,8-11H2,1H3. The summed E-state index contributed by atoms with van der Waals surface area (Å²) in [5, 5.41) is 5.33. The van der Waals surface area contributed by atoms with Gasteiger partial charge in [-0.2, -0.15) is 4.37 Å². The Morgan fingerprint density at radius 2 is 1.97 bits per heavy atom. The highest BCUT2D eigenvalue weighted by Crippen LogP contribution is 2.32. The number of amidine groups is 1. The molecule has 0 spiro atoms. The van der Waals surface area contributed by atoms with Gasteiger partial charge >= 0.3 is 0 Å². The fourth-order valence-corrected chi connectivity index (χ4v) is 5.08. The second-order valence-electron chi connectivity index (χ2n) is 7.95. The van der Waals surface area contributed by atoms with Gasteiger partial charge in [0.25, 0.3) is 0 Å². The summed E-state index contributed by atoms with van der Waals surface area (Å²) in [6, 6.07) is 10.7. The second-order valence-corrected chi connectivity index (χ2v) is 8.75. The molecule has 0 bridgehead atoms. The minimum absolute atomic E-state index is 0.241. The van der Waals surface area contributed by atoms with Gasteiger partial charge in [-0.15, -0.1) is 0 Å². The number of fused-ring (bicyclic) bond motifs is 2. The van der Waals surface area contributed by atoms with Gasteiger partial charge in [-0.25, -0.2) is 9.37 Å². The topological polar surface area (TPSA) is 58.8 Å². The molecule has 0 unspecified atom stereocenters. The van der Waals surface area contributed by atoms with E-state index in [2.05, 4.69) is 31.5 Å². The third-order valence-electron chi connectivity index (χ3n) is 5.83. The third kappa shape index (κ3) is 3.54. The lowest BCUT2D eigenvalue weighted by Gasteiger charge is -2.43. The van der Waals surface area contributed by atoms with Crippen molar-refractivity contribution in [2.75, 3.05) is 31.3 Å². The number of hydrazine groups is 1. The number of halogens is 1. The van der Waals surface area contributed by atoms with E-state index in [0.29, 0.717) is 19.7 Å². The van der Waals surface area contributed by atoms with Crippen LogP contribution in [-0.2, 0) is 4.74 Å². The molecule has 2 aliphatic rings. The van der Waals surface area contributed by atoms with Gasteiger partial charge < -0.3 is 9.30 Å². The zero-order chi connectivity index (χ0) is 22.4. The Labute approximate surface area is 194 Å². The number of hydrogen-bond acceptors (Lipinski definition) is 7. The summed E-state index contributed by atoms with van der Waals surface area (Å²) < 4.78 is 27.1. The van der Waals surface area contributed by atoms with Crippen LogP contribution in [0.4, 0.5) is 10.1 Å². The van der Waals surface area contributed by atoms with E-state index in [1.54, 1.807) is 12.1 Å². The van der Waals surface area contributed by atoms with Crippen LogP contribution in [0.15, 0.2) is 65.9 Å². The van der Waals surface area contributed by atoms with Crippen LogP contribution in [0.2, 0.25) is 0 Å². The zero-order valence-corrected chi connectivity index (χ0v) is 18.8. The van der Waals surface area contributed by atoms with Gasteiger partial charge in [-0.1, -0.05) is 6.07 Å². The molecule has 7 nitrogen and oxygen atoms in total. The molecule has 2 aromatic heterocycles. The van der Waals surface area contributed by atoms with Crippen LogP contribution in [0.3, 0.4) is 0 Å². The number of aliphatic imine (C=N–C) groups is 1. The molecular formula is C24H21FN6OS. The molecule has 6 rings (SSSR count). The number of rotatable bonds is 3. The van der Waals surface area contributed by atoms with Crippen molar-refractivity contribution in [2.45, 2.75) is 6.92 Å². The van der Waals surface area contributed by atoms with E-state index in [-0.39, 0.29) is 5.82 Å². The first kappa shape index (κ1) is 19.9. The maximum atomic E-state index is 13.4. The van der Waals surface area contributed by atoms with Gasteiger partial charge in [-0.05, 0) is 60.4 Å². The molecule has 0 amide bonds. The first-order valence-electron chi connectivity index (χ1n) is 10.8. The third-order valence-corrected chi connectivity index (χ3v) is 6.65. The lowest BCUT2D eigenvalue weighted by molar-refractivity contribution is 0.160. The van der Waals surface area contributed by atoms with Gasteiger partial charge in [0.2, 0.25) is 0 Å². The smallest absolute Gasteiger partial charge is 0.185 e. The van der Waals surface area contributed by atoms with E-state index >= 15 is 0 Å². The Hall–Kier alpha value is -3.72. The molecule has 9 heteroatoms. The minimum atomic E-state index is -0.241. The number of anilines is 1. The Bertz CT molecular complexity index is 1390. The maximum Gasteiger partial charge on any atom is 0.185 e. The molecule has 33 heavy (non-hydrogen) atoms. The maximum absolute atomic E-state index is 13.4. The number of benzene rings is 2. The van der Waals surface area contributed by atoms with Crippen molar-refractivity contribution in [3.8, 4) is 5.69 Å². The van der Waals surface area contributed by atoms with Crippen molar-refractivity contribution in [1.82, 2.24) is 18.9 Å². The highest BCUT2D eigenvalue weighted by molar-refractivity contribution is 7.13. The molecule has 2 aromatic carbocycles. The Balaban J connectivity index is 1.37. The van der Waals surface area contributed by atoms with E-state index in [1.165, 1.54) is 23.7 Å².